The zero-order chi connectivity index (χ0) is 11.6. The van der Waals surface area contributed by atoms with Gasteiger partial charge in [0.05, 0.1) is 0 Å². The molecule has 0 saturated carbocycles. The van der Waals surface area contributed by atoms with Crippen LogP contribution in [0.5, 0.6) is 5.75 Å². The molecule has 0 aliphatic heterocycles. The summed E-state index contributed by atoms with van der Waals surface area (Å²) in [4.78, 5) is 0. The summed E-state index contributed by atoms with van der Waals surface area (Å²) in [5, 5.41) is 0. The standard InChI is InChI=1S/C11H15F2NO/c1-11(2,3)15-10-8(12)4-7(6-14)5-9(10)13/h4-5H,6,14H2,1-3H3. The quantitative estimate of drug-likeness (QED) is 0.823. The van der Waals surface area contributed by atoms with Gasteiger partial charge in [0.1, 0.15) is 5.60 Å². The van der Waals surface area contributed by atoms with E-state index in [1.165, 1.54) is 12.1 Å². The minimum Gasteiger partial charge on any atom is -0.482 e. The number of ether oxygens (including phenoxy) is 1. The summed E-state index contributed by atoms with van der Waals surface area (Å²) in [5.74, 6) is -1.78. The highest BCUT2D eigenvalue weighted by Gasteiger charge is 2.19. The largest absolute Gasteiger partial charge is 0.482 e. The van der Waals surface area contributed by atoms with Gasteiger partial charge in [-0.25, -0.2) is 8.78 Å². The summed E-state index contributed by atoms with van der Waals surface area (Å²) >= 11 is 0. The summed E-state index contributed by atoms with van der Waals surface area (Å²) in [6.45, 7) is 5.28. The molecule has 0 aromatic heterocycles. The van der Waals surface area contributed by atoms with E-state index in [0.717, 1.165) is 0 Å². The van der Waals surface area contributed by atoms with Crippen molar-refractivity contribution in [3.05, 3.63) is 29.3 Å². The highest BCUT2D eigenvalue weighted by Crippen LogP contribution is 2.26. The van der Waals surface area contributed by atoms with Gasteiger partial charge in [0.2, 0.25) is 0 Å². The number of nitrogens with two attached hydrogens (primary N) is 1. The summed E-state index contributed by atoms with van der Waals surface area (Å²) in [6, 6.07) is 2.37. The SMILES string of the molecule is CC(C)(C)Oc1c(F)cc(CN)cc1F. The topological polar surface area (TPSA) is 35.2 Å². The van der Waals surface area contributed by atoms with Crippen LogP contribution in [-0.2, 0) is 6.54 Å². The third-order valence-electron chi connectivity index (χ3n) is 1.70. The smallest absolute Gasteiger partial charge is 0.191 e. The molecule has 0 heterocycles. The van der Waals surface area contributed by atoms with Crippen LogP contribution in [0.4, 0.5) is 8.78 Å². The van der Waals surface area contributed by atoms with Crippen molar-refractivity contribution in [2.45, 2.75) is 32.9 Å². The average molecular weight is 215 g/mol. The van der Waals surface area contributed by atoms with Crippen molar-refractivity contribution < 1.29 is 13.5 Å². The van der Waals surface area contributed by atoms with E-state index >= 15 is 0 Å². The second kappa shape index (κ2) is 4.14. The van der Waals surface area contributed by atoms with Crippen LogP contribution in [0, 0.1) is 11.6 Å². The predicted octanol–water partition coefficient (Wildman–Crippen LogP) is 2.60. The van der Waals surface area contributed by atoms with Crippen molar-refractivity contribution in [3.63, 3.8) is 0 Å². The second-order valence-corrected chi connectivity index (χ2v) is 4.31. The molecule has 0 aliphatic carbocycles. The molecule has 0 unspecified atom stereocenters. The second-order valence-electron chi connectivity index (χ2n) is 4.31. The Morgan fingerprint density at radius 3 is 2.00 bits per heavy atom. The van der Waals surface area contributed by atoms with Crippen LogP contribution in [0.1, 0.15) is 26.3 Å². The van der Waals surface area contributed by atoms with Crippen LogP contribution in [0.2, 0.25) is 0 Å². The fourth-order valence-corrected chi connectivity index (χ4v) is 1.13. The minimum atomic E-state index is -0.717. The molecule has 0 atom stereocenters. The molecule has 1 aromatic rings. The molecule has 1 rings (SSSR count). The Hall–Kier alpha value is -1.16. The van der Waals surface area contributed by atoms with Crippen LogP contribution in [0.25, 0.3) is 0 Å². The van der Waals surface area contributed by atoms with E-state index in [2.05, 4.69) is 0 Å². The molecular weight excluding hydrogens is 200 g/mol. The van der Waals surface area contributed by atoms with E-state index in [0.29, 0.717) is 5.56 Å². The fraction of sp³-hybridized carbons (Fsp3) is 0.455. The summed E-state index contributed by atoms with van der Waals surface area (Å²) in [6.07, 6.45) is 0. The van der Waals surface area contributed by atoms with Gasteiger partial charge in [0.15, 0.2) is 17.4 Å². The Kier molecular flexibility index (Phi) is 3.29. The molecule has 0 bridgehead atoms. The highest BCUT2D eigenvalue weighted by molar-refractivity contribution is 5.31. The van der Waals surface area contributed by atoms with Crippen LogP contribution in [0.3, 0.4) is 0 Å². The Bertz CT molecular complexity index is 335. The zero-order valence-electron chi connectivity index (χ0n) is 9.10. The maximum absolute atomic E-state index is 13.4. The maximum Gasteiger partial charge on any atom is 0.191 e. The lowest BCUT2D eigenvalue weighted by Crippen LogP contribution is -2.24. The lowest BCUT2D eigenvalue weighted by Gasteiger charge is -2.22. The van der Waals surface area contributed by atoms with Gasteiger partial charge in [0, 0.05) is 6.54 Å². The molecule has 2 nitrogen and oxygen atoms in total. The summed E-state index contributed by atoms with van der Waals surface area (Å²) in [7, 11) is 0. The molecule has 0 aliphatic rings. The number of hydrogen-bond donors (Lipinski definition) is 1. The van der Waals surface area contributed by atoms with Crippen molar-refractivity contribution in [1.29, 1.82) is 0 Å². The highest BCUT2D eigenvalue weighted by atomic mass is 19.1. The van der Waals surface area contributed by atoms with E-state index in [1.807, 2.05) is 0 Å². The van der Waals surface area contributed by atoms with Crippen molar-refractivity contribution in [2.24, 2.45) is 5.73 Å². The molecule has 0 spiro atoms. The lowest BCUT2D eigenvalue weighted by molar-refractivity contribution is 0.117. The van der Waals surface area contributed by atoms with Crippen molar-refractivity contribution in [2.75, 3.05) is 0 Å². The van der Waals surface area contributed by atoms with Gasteiger partial charge in [-0.2, -0.15) is 0 Å². The first-order valence-corrected chi connectivity index (χ1v) is 4.70. The molecule has 2 N–H and O–H groups in total. The Labute approximate surface area is 88.0 Å². The summed E-state index contributed by atoms with van der Waals surface area (Å²) < 4.78 is 32.0. The first kappa shape index (κ1) is 11.9. The van der Waals surface area contributed by atoms with Crippen LogP contribution in [-0.4, -0.2) is 5.60 Å². The molecule has 0 amide bonds. The number of hydrogen-bond acceptors (Lipinski definition) is 2. The third kappa shape index (κ3) is 3.16. The third-order valence-corrected chi connectivity index (χ3v) is 1.70. The molecule has 15 heavy (non-hydrogen) atoms. The van der Waals surface area contributed by atoms with E-state index in [-0.39, 0.29) is 12.3 Å². The van der Waals surface area contributed by atoms with Gasteiger partial charge >= 0.3 is 0 Å². The number of halogens is 2. The number of benzene rings is 1. The molecular formula is C11H15F2NO. The summed E-state index contributed by atoms with van der Waals surface area (Å²) in [5.41, 5.74) is 5.07. The van der Waals surface area contributed by atoms with Crippen molar-refractivity contribution >= 4 is 0 Å². The monoisotopic (exact) mass is 215 g/mol. The van der Waals surface area contributed by atoms with E-state index in [9.17, 15) is 8.78 Å². The van der Waals surface area contributed by atoms with Gasteiger partial charge in [0.25, 0.3) is 0 Å². The molecule has 84 valence electrons. The van der Waals surface area contributed by atoms with Crippen molar-refractivity contribution in [3.8, 4) is 5.75 Å². The zero-order valence-corrected chi connectivity index (χ0v) is 9.10. The first-order chi connectivity index (χ1) is 6.83. The van der Waals surface area contributed by atoms with Crippen molar-refractivity contribution in [1.82, 2.24) is 0 Å². The lowest BCUT2D eigenvalue weighted by atomic mass is 10.1. The van der Waals surface area contributed by atoms with Crippen LogP contribution in [0.15, 0.2) is 12.1 Å². The Balaban J connectivity index is 3.09. The predicted molar refractivity (Wildman–Crippen MR) is 54.6 cm³/mol. The molecule has 4 heteroatoms. The fourth-order valence-electron chi connectivity index (χ4n) is 1.13. The normalized spacial score (nSPS) is 11.6. The van der Waals surface area contributed by atoms with E-state index in [4.69, 9.17) is 10.5 Å². The van der Waals surface area contributed by atoms with Gasteiger partial charge in [-0.05, 0) is 38.5 Å². The molecule has 0 radical (unpaired) electrons. The van der Waals surface area contributed by atoms with Crippen LogP contribution >= 0.6 is 0 Å². The van der Waals surface area contributed by atoms with Gasteiger partial charge in [-0.15, -0.1) is 0 Å². The molecule has 1 aromatic carbocycles. The minimum absolute atomic E-state index is 0.101. The molecule has 0 fully saturated rings. The van der Waals surface area contributed by atoms with E-state index < -0.39 is 17.2 Å². The van der Waals surface area contributed by atoms with Gasteiger partial charge < -0.3 is 10.5 Å². The molecule has 0 saturated heterocycles. The van der Waals surface area contributed by atoms with Gasteiger partial charge in [-0.3, -0.25) is 0 Å². The number of rotatable bonds is 2. The Morgan fingerprint density at radius 1 is 1.20 bits per heavy atom. The Morgan fingerprint density at radius 2 is 1.67 bits per heavy atom. The first-order valence-electron chi connectivity index (χ1n) is 4.70. The average Bonchev–Trinajstić information content (AvgIpc) is 2.09. The maximum atomic E-state index is 13.4. The van der Waals surface area contributed by atoms with Gasteiger partial charge in [-0.1, -0.05) is 0 Å². The van der Waals surface area contributed by atoms with Crippen LogP contribution < -0.4 is 10.5 Å². The van der Waals surface area contributed by atoms with E-state index in [1.54, 1.807) is 20.8 Å².